The van der Waals surface area contributed by atoms with E-state index >= 15 is 0 Å². The van der Waals surface area contributed by atoms with Crippen LogP contribution >= 0.6 is 0 Å². The molecule has 2 aromatic carbocycles. The number of piperidine rings is 1. The van der Waals surface area contributed by atoms with Crippen molar-refractivity contribution in [3.8, 4) is 11.5 Å². The minimum absolute atomic E-state index is 0.150. The van der Waals surface area contributed by atoms with Crippen molar-refractivity contribution in [3.05, 3.63) is 60.2 Å². The van der Waals surface area contributed by atoms with E-state index in [9.17, 15) is 4.79 Å². The van der Waals surface area contributed by atoms with Crippen LogP contribution in [0.25, 0.3) is 0 Å². The number of carbonyl (C=O) groups is 1. The van der Waals surface area contributed by atoms with Crippen molar-refractivity contribution in [1.29, 1.82) is 0 Å². The lowest BCUT2D eigenvalue weighted by molar-refractivity contribution is -0.125. The van der Waals surface area contributed by atoms with E-state index in [4.69, 9.17) is 4.74 Å². The molecule has 3 rings (SSSR count). The summed E-state index contributed by atoms with van der Waals surface area (Å²) in [7, 11) is 0. The molecule has 1 heterocycles. The van der Waals surface area contributed by atoms with Gasteiger partial charge in [-0.1, -0.05) is 30.3 Å². The van der Waals surface area contributed by atoms with Crippen LogP contribution in [-0.2, 0) is 11.3 Å². The van der Waals surface area contributed by atoms with Gasteiger partial charge in [-0.15, -0.1) is 0 Å². The Kier molecular flexibility index (Phi) is 5.27. The number of ether oxygens (including phenoxy) is 1. The number of carbonyl (C=O) groups excluding carboxylic acids is 1. The van der Waals surface area contributed by atoms with E-state index in [-0.39, 0.29) is 11.8 Å². The van der Waals surface area contributed by atoms with Gasteiger partial charge in [0.25, 0.3) is 0 Å². The Hall–Kier alpha value is -2.33. The Morgan fingerprint density at radius 1 is 1.00 bits per heavy atom. The van der Waals surface area contributed by atoms with Crippen LogP contribution in [0.4, 0.5) is 0 Å². The molecule has 2 aromatic rings. The van der Waals surface area contributed by atoms with E-state index in [0.29, 0.717) is 6.54 Å². The molecule has 0 radical (unpaired) electrons. The van der Waals surface area contributed by atoms with Crippen LogP contribution in [0.15, 0.2) is 54.6 Å². The van der Waals surface area contributed by atoms with E-state index in [0.717, 1.165) is 43.0 Å². The Balaban J connectivity index is 1.50. The van der Waals surface area contributed by atoms with Crippen molar-refractivity contribution in [3.63, 3.8) is 0 Å². The van der Waals surface area contributed by atoms with Gasteiger partial charge in [-0.25, -0.2) is 0 Å². The maximum absolute atomic E-state index is 12.1. The summed E-state index contributed by atoms with van der Waals surface area (Å²) in [6, 6.07) is 17.5. The fourth-order valence-electron chi connectivity index (χ4n) is 2.72. The molecule has 2 N–H and O–H groups in total. The summed E-state index contributed by atoms with van der Waals surface area (Å²) in [5, 5.41) is 6.31. The van der Waals surface area contributed by atoms with Crippen LogP contribution in [0.1, 0.15) is 18.4 Å². The topological polar surface area (TPSA) is 50.4 Å². The molecule has 4 nitrogen and oxygen atoms in total. The molecule has 1 aliphatic heterocycles. The van der Waals surface area contributed by atoms with Gasteiger partial charge in [0, 0.05) is 12.5 Å². The van der Waals surface area contributed by atoms with Gasteiger partial charge < -0.3 is 15.4 Å². The first-order chi connectivity index (χ1) is 11.3. The van der Waals surface area contributed by atoms with Gasteiger partial charge in [0.1, 0.15) is 11.5 Å². The standard InChI is InChI=1S/C19H22N2O2/c22-19(16-10-12-20-13-11-16)21-14-15-6-8-18(9-7-15)23-17-4-2-1-3-5-17/h1-9,16,20H,10-14H2,(H,21,22). The molecule has 23 heavy (non-hydrogen) atoms. The summed E-state index contributed by atoms with van der Waals surface area (Å²) in [5.41, 5.74) is 1.08. The third-order valence-electron chi connectivity index (χ3n) is 4.08. The summed E-state index contributed by atoms with van der Waals surface area (Å²) in [6.45, 7) is 2.43. The molecule has 0 aliphatic carbocycles. The number of hydrogen-bond donors (Lipinski definition) is 2. The van der Waals surface area contributed by atoms with Gasteiger partial charge in [0.15, 0.2) is 0 Å². The minimum atomic E-state index is 0.150. The highest BCUT2D eigenvalue weighted by Gasteiger charge is 2.20. The SMILES string of the molecule is O=C(NCc1ccc(Oc2ccccc2)cc1)C1CCNCC1. The fraction of sp³-hybridized carbons (Fsp3) is 0.316. The normalized spacial score (nSPS) is 15.1. The molecular formula is C19H22N2O2. The number of para-hydroxylation sites is 1. The molecule has 0 unspecified atom stereocenters. The first-order valence-corrected chi connectivity index (χ1v) is 8.11. The van der Waals surface area contributed by atoms with E-state index in [2.05, 4.69) is 10.6 Å². The molecule has 0 bridgehead atoms. The maximum Gasteiger partial charge on any atom is 0.223 e. The zero-order valence-corrected chi connectivity index (χ0v) is 13.1. The molecule has 1 saturated heterocycles. The number of hydrogen-bond acceptors (Lipinski definition) is 3. The Morgan fingerprint density at radius 2 is 1.65 bits per heavy atom. The van der Waals surface area contributed by atoms with Gasteiger partial charge in [-0.3, -0.25) is 4.79 Å². The van der Waals surface area contributed by atoms with Crippen LogP contribution in [-0.4, -0.2) is 19.0 Å². The zero-order chi connectivity index (χ0) is 15.9. The van der Waals surface area contributed by atoms with Gasteiger partial charge in [0.2, 0.25) is 5.91 Å². The van der Waals surface area contributed by atoms with Gasteiger partial charge in [-0.2, -0.15) is 0 Å². The third kappa shape index (κ3) is 4.57. The second kappa shape index (κ2) is 7.79. The molecule has 120 valence electrons. The highest BCUT2D eigenvalue weighted by atomic mass is 16.5. The Morgan fingerprint density at radius 3 is 2.35 bits per heavy atom. The average molecular weight is 310 g/mol. The molecule has 0 atom stereocenters. The molecule has 0 saturated carbocycles. The Labute approximate surface area is 136 Å². The van der Waals surface area contributed by atoms with Gasteiger partial charge >= 0.3 is 0 Å². The second-order valence-corrected chi connectivity index (χ2v) is 5.80. The van der Waals surface area contributed by atoms with Crippen molar-refractivity contribution in [1.82, 2.24) is 10.6 Å². The lowest BCUT2D eigenvalue weighted by Crippen LogP contribution is -2.37. The van der Waals surface area contributed by atoms with E-state index in [1.54, 1.807) is 0 Å². The van der Waals surface area contributed by atoms with Crippen LogP contribution in [0, 0.1) is 5.92 Å². The zero-order valence-electron chi connectivity index (χ0n) is 13.1. The van der Waals surface area contributed by atoms with Crippen LogP contribution in [0.3, 0.4) is 0 Å². The minimum Gasteiger partial charge on any atom is -0.457 e. The molecule has 0 spiro atoms. The van der Waals surface area contributed by atoms with Crippen molar-refractivity contribution >= 4 is 5.91 Å². The maximum atomic E-state index is 12.1. The monoisotopic (exact) mass is 310 g/mol. The van der Waals surface area contributed by atoms with E-state index in [1.165, 1.54) is 0 Å². The quantitative estimate of drug-likeness (QED) is 0.892. The summed E-state index contributed by atoms with van der Waals surface area (Å²) in [6.07, 6.45) is 1.85. The third-order valence-corrected chi connectivity index (χ3v) is 4.08. The molecular weight excluding hydrogens is 288 g/mol. The second-order valence-electron chi connectivity index (χ2n) is 5.80. The number of benzene rings is 2. The predicted molar refractivity (Wildman–Crippen MR) is 90.4 cm³/mol. The fourth-order valence-corrected chi connectivity index (χ4v) is 2.72. The highest BCUT2D eigenvalue weighted by Crippen LogP contribution is 2.21. The summed E-state index contributed by atoms with van der Waals surface area (Å²) in [4.78, 5) is 12.1. The Bertz CT molecular complexity index is 620. The smallest absolute Gasteiger partial charge is 0.223 e. The average Bonchev–Trinajstić information content (AvgIpc) is 2.62. The number of amides is 1. The van der Waals surface area contributed by atoms with Crippen LogP contribution < -0.4 is 15.4 Å². The summed E-state index contributed by atoms with van der Waals surface area (Å²) in [5.74, 6) is 1.93. The van der Waals surface area contributed by atoms with E-state index < -0.39 is 0 Å². The highest BCUT2D eigenvalue weighted by molar-refractivity contribution is 5.78. The van der Waals surface area contributed by atoms with Crippen LogP contribution in [0.2, 0.25) is 0 Å². The lowest BCUT2D eigenvalue weighted by atomic mass is 9.97. The molecule has 1 fully saturated rings. The summed E-state index contributed by atoms with van der Waals surface area (Å²) >= 11 is 0. The molecule has 0 aromatic heterocycles. The number of rotatable bonds is 5. The van der Waals surface area contributed by atoms with E-state index in [1.807, 2.05) is 54.6 Å². The largest absolute Gasteiger partial charge is 0.457 e. The van der Waals surface area contributed by atoms with Crippen LogP contribution in [0.5, 0.6) is 11.5 Å². The van der Waals surface area contributed by atoms with Gasteiger partial charge in [0.05, 0.1) is 0 Å². The number of nitrogens with one attached hydrogen (secondary N) is 2. The first kappa shape index (κ1) is 15.6. The first-order valence-electron chi connectivity index (χ1n) is 8.11. The predicted octanol–water partition coefficient (Wildman–Crippen LogP) is 3.09. The van der Waals surface area contributed by atoms with Crippen molar-refractivity contribution in [2.75, 3.05) is 13.1 Å². The van der Waals surface area contributed by atoms with Crippen molar-refractivity contribution < 1.29 is 9.53 Å². The van der Waals surface area contributed by atoms with Crippen molar-refractivity contribution in [2.45, 2.75) is 19.4 Å². The molecule has 1 aliphatic rings. The molecule has 4 heteroatoms. The molecule has 1 amide bonds. The van der Waals surface area contributed by atoms with Crippen molar-refractivity contribution in [2.24, 2.45) is 5.92 Å². The lowest BCUT2D eigenvalue weighted by Gasteiger charge is -2.21. The summed E-state index contributed by atoms with van der Waals surface area (Å²) < 4.78 is 5.76. The van der Waals surface area contributed by atoms with Gasteiger partial charge in [-0.05, 0) is 55.8 Å².